The number of halogens is 2. The number of thiophene rings is 1. The summed E-state index contributed by atoms with van der Waals surface area (Å²) < 4.78 is 2.14. The van der Waals surface area contributed by atoms with E-state index in [4.69, 9.17) is 5.73 Å². The van der Waals surface area contributed by atoms with Gasteiger partial charge >= 0.3 is 0 Å². The summed E-state index contributed by atoms with van der Waals surface area (Å²) in [5.74, 6) is 0. The average molecular weight is 361 g/mol. The largest absolute Gasteiger partial charge is 0.320 e. The van der Waals surface area contributed by atoms with Crippen molar-refractivity contribution < 1.29 is 0 Å². The zero-order chi connectivity index (χ0) is 11.7. The average Bonchev–Trinajstić information content (AvgIpc) is 2.67. The fraction of sp³-hybridized carbons (Fsp3) is 0.167. The Morgan fingerprint density at radius 2 is 1.94 bits per heavy atom. The van der Waals surface area contributed by atoms with Gasteiger partial charge in [-0.1, -0.05) is 33.6 Å². The second kappa shape index (κ2) is 5.00. The van der Waals surface area contributed by atoms with Crippen molar-refractivity contribution in [1.82, 2.24) is 0 Å². The van der Waals surface area contributed by atoms with E-state index in [1.54, 1.807) is 11.3 Å². The molecule has 2 aromatic rings. The molecule has 0 saturated carbocycles. The van der Waals surface area contributed by atoms with Gasteiger partial charge in [0.1, 0.15) is 0 Å². The Kier molecular flexibility index (Phi) is 3.85. The summed E-state index contributed by atoms with van der Waals surface area (Å²) in [4.78, 5) is 1.16. The molecule has 0 saturated heterocycles. The minimum absolute atomic E-state index is 0.0800. The molecule has 0 aliphatic heterocycles. The van der Waals surface area contributed by atoms with Gasteiger partial charge in [-0.2, -0.15) is 0 Å². The summed E-state index contributed by atoms with van der Waals surface area (Å²) in [6, 6.07) is 8.20. The van der Waals surface area contributed by atoms with Crippen molar-refractivity contribution in [2.75, 3.05) is 0 Å². The normalized spacial score (nSPS) is 12.8. The fourth-order valence-corrected chi connectivity index (χ4v) is 3.70. The molecule has 0 spiro atoms. The lowest BCUT2D eigenvalue weighted by atomic mass is 10.0. The number of hydrogen-bond donors (Lipinski definition) is 1. The molecule has 1 aromatic heterocycles. The Balaban J connectivity index is 2.45. The van der Waals surface area contributed by atoms with E-state index in [2.05, 4.69) is 50.9 Å². The van der Waals surface area contributed by atoms with E-state index in [1.807, 2.05) is 17.5 Å². The predicted molar refractivity (Wildman–Crippen MR) is 76.9 cm³/mol. The monoisotopic (exact) mass is 359 g/mol. The third kappa shape index (κ3) is 2.40. The standard InChI is InChI=1S/C12H11Br2NS/c1-7-2-3-9(13)8(6-7)11(15)12-10(14)4-5-16-12/h2-6,11H,15H2,1H3. The third-order valence-corrected chi connectivity index (χ3v) is 5.09. The van der Waals surface area contributed by atoms with E-state index in [0.717, 1.165) is 19.4 Å². The van der Waals surface area contributed by atoms with E-state index in [0.29, 0.717) is 0 Å². The summed E-state index contributed by atoms with van der Waals surface area (Å²) >= 11 is 8.75. The summed E-state index contributed by atoms with van der Waals surface area (Å²) in [5.41, 5.74) is 8.63. The molecule has 0 amide bonds. The van der Waals surface area contributed by atoms with Crippen molar-refractivity contribution in [2.24, 2.45) is 5.73 Å². The molecular weight excluding hydrogens is 350 g/mol. The molecule has 4 heteroatoms. The van der Waals surface area contributed by atoms with Crippen LogP contribution in [0.4, 0.5) is 0 Å². The number of rotatable bonds is 2. The quantitative estimate of drug-likeness (QED) is 0.830. The van der Waals surface area contributed by atoms with Crippen molar-refractivity contribution >= 4 is 43.2 Å². The van der Waals surface area contributed by atoms with Gasteiger partial charge in [0.25, 0.3) is 0 Å². The van der Waals surface area contributed by atoms with Crippen LogP contribution in [0, 0.1) is 6.92 Å². The summed E-state index contributed by atoms with van der Waals surface area (Å²) in [6.45, 7) is 2.08. The highest BCUT2D eigenvalue weighted by Gasteiger charge is 2.16. The van der Waals surface area contributed by atoms with Crippen LogP contribution in [0.25, 0.3) is 0 Å². The fourth-order valence-electron chi connectivity index (χ4n) is 1.57. The highest BCUT2D eigenvalue weighted by atomic mass is 79.9. The maximum Gasteiger partial charge on any atom is 0.0668 e. The minimum atomic E-state index is -0.0800. The smallest absolute Gasteiger partial charge is 0.0668 e. The first-order chi connectivity index (χ1) is 7.59. The molecule has 2 N–H and O–H groups in total. The molecule has 0 aliphatic rings. The highest BCUT2D eigenvalue weighted by Crippen LogP contribution is 2.34. The van der Waals surface area contributed by atoms with Crippen LogP contribution in [0.2, 0.25) is 0 Å². The van der Waals surface area contributed by atoms with Crippen LogP contribution in [0.15, 0.2) is 38.6 Å². The lowest BCUT2D eigenvalue weighted by Gasteiger charge is -2.14. The van der Waals surface area contributed by atoms with Gasteiger partial charge in [0.05, 0.1) is 6.04 Å². The second-order valence-electron chi connectivity index (χ2n) is 3.64. The zero-order valence-corrected chi connectivity index (χ0v) is 12.7. The Morgan fingerprint density at radius 3 is 2.56 bits per heavy atom. The Hall–Kier alpha value is -0.160. The third-order valence-electron chi connectivity index (χ3n) is 2.41. The molecule has 0 radical (unpaired) electrons. The van der Waals surface area contributed by atoms with E-state index < -0.39 is 0 Å². The van der Waals surface area contributed by atoms with Gasteiger partial charge in [-0.15, -0.1) is 11.3 Å². The number of hydrogen-bond acceptors (Lipinski definition) is 2. The molecule has 1 nitrogen and oxygen atoms in total. The summed E-state index contributed by atoms with van der Waals surface area (Å²) in [5, 5.41) is 2.04. The molecule has 1 unspecified atom stereocenters. The molecule has 1 aromatic carbocycles. The van der Waals surface area contributed by atoms with Gasteiger partial charge in [-0.3, -0.25) is 0 Å². The van der Waals surface area contributed by atoms with Gasteiger partial charge < -0.3 is 5.73 Å². The SMILES string of the molecule is Cc1ccc(Br)c(C(N)c2sccc2Br)c1. The number of aryl methyl sites for hydroxylation is 1. The van der Waals surface area contributed by atoms with Crippen LogP contribution in [-0.2, 0) is 0 Å². The molecule has 2 rings (SSSR count). The lowest BCUT2D eigenvalue weighted by molar-refractivity contribution is 0.881. The van der Waals surface area contributed by atoms with Crippen molar-refractivity contribution in [2.45, 2.75) is 13.0 Å². The molecule has 0 bridgehead atoms. The van der Waals surface area contributed by atoms with Gasteiger partial charge in [0, 0.05) is 13.8 Å². The first kappa shape index (κ1) is 12.3. The number of nitrogens with two attached hydrogens (primary N) is 1. The summed E-state index contributed by atoms with van der Waals surface area (Å²) in [7, 11) is 0. The first-order valence-electron chi connectivity index (χ1n) is 4.84. The second-order valence-corrected chi connectivity index (χ2v) is 6.29. The van der Waals surface area contributed by atoms with E-state index in [-0.39, 0.29) is 6.04 Å². The minimum Gasteiger partial charge on any atom is -0.320 e. The van der Waals surface area contributed by atoms with Gasteiger partial charge in [0.15, 0.2) is 0 Å². The first-order valence-corrected chi connectivity index (χ1v) is 7.30. The van der Waals surface area contributed by atoms with Crippen LogP contribution >= 0.6 is 43.2 Å². The maximum atomic E-state index is 6.28. The van der Waals surface area contributed by atoms with E-state index in [1.165, 1.54) is 5.56 Å². The van der Waals surface area contributed by atoms with Crippen LogP contribution in [0.5, 0.6) is 0 Å². The summed E-state index contributed by atoms with van der Waals surface area (Å²) in [6.07, 6.45) is 0. The van der Waals surface area contributed by atoms with Crippen LogP contribution < -0.4 is 5.73 Å². The topological polar surface area (TPSA) is 26.0 Å². The lowest BCUT2D eigenvalue weighted by Crippen LogP contribution is -2.11. The molecule has 0 fully saturated rings. The van der Waals surface area contributed by atoms with Crippen LogP contribution in [-0.4, -0.2) is 0 Å². The molecule has 0 aliphatic carbocycles. The van der Waals surface area contributed by atoms with E-state index in [9.17, 15) is 0 Å². The van der Waals surface area contributed by atoms with Crippen molar-refractivity contribution in [3.8, 4) is 0 Å². The molecule has 1 heterocycles. The van der Waals surface area contributed by atoms with Crippen molar-refractivity contribution in [3.05, 3.63) is 54.6 Å². The Labute approximate surface area is 116 Å². The van der Waals surface area contributed by atoms with Gasteiger partial charge in [-0.25, -0.2) is 0 Å². The Morgan fingerprint density at radius 1 is 1.19 bits per heavy atom. The highest BCUT2D eigenvalue weighted by molar-refractivity contribution is 9.10. The van der Waals surface area contributed by atoms with Crippen LogP contribution in [0.3, 0.4) is 0 Å². The van der Waals surface area contributed by atoms with Crippen molar-refractivity contribution in [3.63, 3.8) is 0 Å². The molecule has 16 heavy (non-hydrogen) atoms. The van der Waals surface area contributed by atoms with Crippen LogP contribution in [0.1, 0.15) is 22.0 Å². The van der Waals surface area contributed by atoms with Crippen molar-refractivity contribution in [1.29, 1.82) is 0 Å². The molecule has 1 atom stereocenters. The predicted octanol–water partition coefficient (Wildman–Crippen LogP) is 4.63. The number of benzene rings is 1. The molecular formula is C12H11Br2NS. The van der Waals surface area contributed by atoms with Gasteiger partial charge in [0.2, 0.25) is 0 Å². The molecule has 84 valence electrons. The maximum absolute atomic E-state index is 6.28. The van der Waals surface area contributed by atoms with E-state index >= 15 is 0 Å². The zero-order valence-electron chi connectivity index (χ0n) is 8.71. The Bertz CT molecular complexity index is 507. The van der Waals surface area contributed by atoms with Gasteiger partial charge in [-0.05, 0) is 45.9 Å².